The van der Waals surface area contributed by atoms with Crippen molar-refractivity contribution in [3.8, 4) is 23.2 Å². The largest absolute Gasteiger partial charge is 0.489 e. The first-order valence-electron chi connectivity index (χ1n) is 16.1. The Bertz CT molecular complexity index is 1780. The molecule has 3 saturated heterocycles. The highest BCUT2D eigenvalue weighted by Crippen LogP contribution is 2.49. The molecule has 2 N–H and O–H groups in total. The van der Waals surface area contributed by atoms with Gasteiger partial charge in [0.2, 0.25) is 5.95 Å². The Morgan fingerprint density at radius 1 is 1.06 bits per heavy atom. The maximum absolute atomic E-state index is 13.0. The molecule has 1 atom stereocenters. The number of piperazine rings is 1. The van der Waals surface area contributed by atoms with Gasteiger partial charge in [0.15, 0.2) is 11.5 Å². The number of piperidine rings is 1. The van der Waals surface area contributed by atoms with Crippen molar-refractivity contribution in [1.82, 2.24) is 40.2 Å². The van der Waals surface area contributed by atoms with Gasteiger partial charge in [-0.2, -0.15) is 25.7 Å². The predicted octanol–water partition coefficient (Wildman–Crippen LogP) is 3.01. The van der Waals surface area contributed by atoms with Gasteiger partial charge in [-0.25, -0.2) is 9.97 Å². The molecule has 1 amide bonds. The Morgan fingerprint density at radius 3 is 2.60 bits per heavy atom. The van der Waals surface area contributed by atoms with E-state index in [0.717, 1.165) is 57.9 Å². The van der Waals surface area contributed by atoms with Crippen LogP contribution in [0.15, 0.2) is 55.0 Å². The van der Waals surface area contributed by atoms with Crippen LogP contribution in [0.3, 0.4) is 0 Å². The molecule has 5 heterocycles. The first kappa shape index (κ1) is 29.3. The molecule has 4 aliphatic rings. The Balaban J connectivity index is 0.899. The lowest BCUT2D eigenvalue weighted by molar-refractivity contribution is -0.0660. The summed E-state index contributed by atoms with van der Waals surface area (Å²) < 4.78 is 11.7. The number of anilines is 3. The lowest BCUT2D eigenvalue weighted by atomic mass is 9.96. The normalized spacial score (nSPS) is 20.8. The van der Waals surface area contributed by atoms with Gasteiger partial charge in [-0.1, -0.05) is 0 Å². The van der Waals surface area contributed by atoms with E-state index >= 15 is 0 Å². The molecule has 14 nitrogen and oxygen atoms in total. The van der Waals surface area contributed by atoms with Gasteiger partial charge in [-0.05, 0) is 55.3 Å². The molecule has 3 aliphatic heterocycles. The van der Waals surface area contributed by atoms with Crippen molar-refractivity contribution in [2.24, 2.45) is 0 Å². The van der Waals surface area contributed by atoms with E-state index in [2.05, 4.69) is 63.7 Å². The van der Waals surface area contributed by atoms with Gasteiger partial charge in [0.05, 0.1) is 31.0 Å². The van der Waals surface area contributed by atoms with Gasteiger partial charge in [0.1, 0.15) is 24.3 Å². The fraction of sp³-hybridized carbons (Fsp3) is 0.424. The lowest BCUT2D eigenvalue weighted by Crippen LogP contribution is -2.56. The highest BCUT2D eigenvalue weighted by molar-refractivity contribution is 5.92. The number of nitrogens with zero attached hydrogens (tertiary/aromatic N) is 9. The van der Waals surface area contributed by atoms with Crippen molar-refractivity contribution in [3.05, 3.63) is 66.2 Å². The second kappa shape index (κ2) is 12.2. The number of aromatic nitrogens is 6. The van der Waals surface area contributed by atoms with Crippen LogP contribution in [0.1, 0.15) is 41.7 Å². The number of hydrogen-bond acceptors (Lipinski definition) is 12. The minimum atomic E-state index is -0.221. The number of rotatable bonds is 8. The number of H-pyrrole nitrogens is 1. The third kappa shape index (κ3) is 5.95. The number of amides is 1. The Labute approximate surface area is 271 Å². The molecular weight excluding hydrogens is 598 g/mol. The van der Waals surface area contributed by atoms with E-state index in [1.54, 1.807) is 12.1 Å². The zero-order valence-electron chi connectivity index (χ0n) is 25.9. The summed E-state index contributed by atoms with van der Waals surface area (Å²) in [5.74, 6) is 1.27. The van der Waals surface area contributed by atoms with Crippen LogP contribution in [-0.2, 0) is 4.74 Å². The molecule has 14 heteroatoms. The number of nitriles is 1. The minimum absolute atomic E-state index is 0.107. The molecule has 47 heavy (non-hydrogen) atoms. The highest BCUT2D eigenvalue weighted by atomic mass is 16.5. The van der Waals surface area contributed by atoms with Crippen LogP contribution >= 0.6 is 0 Å². The molecule has 4 aromatic rings. The predicted molar refractivity (Wildman–Crippen MR) is 171 cm³/mol. The Kier molecular flexibility index (Phi) is 7.62. The van der Waals surface area contributed by atoms with E-state index < -0.39 is 0 Å². The molecule has 2 aromatic heterocycles. The summed E-state index contributed by atoms with van der Waals surface area (Å²) in [6, 6.07) is 16.6. The quantitative estimate of drug-likeness (QED) is 0.292. The van der Waals surface area contributed by atoms with Gasteiger partial charge >= 0.3 is 0 Å². The van der Waals surface area contributed by atoms with E-state index in [9.17, 15) is 10.1 Å². The number of ether oxygens (including phenoxy) is 2. The summed E-state index contributed by atoms with van der Waals surface area (Å²) in [7, 11) is 0. The summed E-state index contributed by atoms with van der Waals surface area (Å²) in [4.78, 5) is 33.1. The molecule has 1 aliphatic carbocycles. The van der Waals surface area contributed by atoms with Gasteiger partial charge in [0.25, 0.3) is 5.91 Å². The van der Waals surface area contributed by atoms with Crippen molar-refractivity contribution in [1.29, 1.82) is 5.26 Å². The summed E-state index contributed by atoms with van der Waals surface area (Å²) in [5, 5.41) is 23.5. The van der Waals surface area contributed by atoms with E-state index in [1.807, 2.05) is 23.1 Å². The zero-order chi connectivity index (χ0) is 31.8. The number of nitrogens with one attached hydrogen (secondary N) is 2. The second-order valence-electron chi connectivity index (χ2n) is 12.6. The SMILES string of the molecule is N#Cc1cc(-c2ncnc(Nc3ccc(N4CCN(C5COC5)CC4)cc3)n2)ccc1O[C@H]1CCN(C(=O)c2cn[nH]n2)C2(CC2)C1. The lowest BCUT2D eigenvalue weighted by Gasteiger charge is -2.43. The molecule has 2 aromatic carbocycles. The summed E-state index contributed by atoms with van der Waals surface area (Å²) in [6.07, 6.45) is 6.03. The van der Waals surface area contributed by atoms with E-state index in [1.165, 1.54) is 18.2 Å². The first-order valence-corrected chi connectivity index (χ1v) is 16.1. The van der Waals surface area contributed by atoms with E-state index in [4.69, 9.17) is 9.47 Å². The fourth-order valence-corrected chi connectivity index (χ4v) is 6.82. The minimum Gasteiger partial charge on any atom is -0.489 e. The van der Waals surface area contributed by atoms with Crippen LogP contribution in [0.25, 0.3) is 11.4 Å². The zero-order valence-corrected chi connectivity index (χ0v) is 25.9. The molecule has 1 spiro atoms. The van der Waals surface area contributed by atoms with Crippen molar-refractivity contribution in [3.63, 3.8) is 0 Å². The molecule has 1 saturated carbocycles. The highest BCUT2D eigenvalue weighted by Gasteiger charge is 2.54. The van der Waals surface area contributed by atoms with Crippen LogP contribution in [-0.4, -0.2) is 110 Å². The Hall–Kier alpha value is -5.13. The van der Waals surface area contributed by atoms with E-state index in [0.29, 0.717) is 59.8 Å². The van der Waals surface area contributed by atoms with Crippen molar-refractivity contribution in [2.75, 3.05) is 56.2 Å². The summed E-state index contributed by atoms with van der Waals surface area (Å²) in [6.45, 7) is 6.38. The number of aromatic amines is 1. The van der Waals surface area contributed by atoms with Crippen LogP contribution in [0.4, 0.5) is 17.3 Å². The monoisotopic (exact) mass is 633 g/mol. The number of hydrogen-bond donors (Lipinski definition) is 2. The maximum Gasteiger partial charge on any atom is 0.276 e. The van der Waals surface area contributed by atoms with Crippen LogP contribution < -0.4 is 15.0 Å². The van der Waals surface area contributed by atoms with Gasteiger partial charge in [0, 0.05) is 68.0 Å². The molecule has 240 valence electrons. The maximum atomic E-state index is 13.0. The number of carbonyl (C=O) groups is 1. The first-order chi connectivity index (χ1) is 23.1. The average Bonchev–Trinajstić information content (AvgIpc) is 3.60. The smallest absolute Gasteiger partial charge is 0.276 e. The molecule has 0 bridgehead atoms. The van der Waals surface area contributed by atoms with Crippen LogP contribution in [0.2, 0.25) is 0 Å². The standard InChI is InChI=1S/C33H35N11O3/c34-17-23-15-22(1-6-29(23)47-27-7-10-44(33(16-27)8-9-33)31(45)28-18-37-41-40-28)30-35-21-36-32(39-30)38-24-2-4-25(5-3-24)42-11-13-43(14-12-42)26-19-46-20-26/h1-6,15,18,21,26-27H,7-14,16,19-20H2,(H,37,40,41)(H,35,36,38,39)/t27-/m0/s1. The summed E-state index contributed by atoms with van der Waals surface area (Å²) in [5.41, 5.74) is 3.27. The number of benzene rings is 2. The molecular formula is C33H35N11O3. The van der Waals surface area contributed by atoms with Crippen molar-refractivity contribution in [2.45, 2.75) is 43.4 Å². The van der Waals surface area contributed by atoms with Gasteiger partial charge < -0.3 is 24.6 Å². The van der Waals surface area contributed by atoms with Gasteiger partial charge in [-0.15, -0.1) is 0 Å². The van der Waals surface area contributed by atoms with Crippen LogP contribution in [0, 0.1) is 11.3 Å². The molecule has 0 radical (unpaired) electrons. The topological polar surface area (TPSA) is 161 Å². The molecule has 0 unspecified atom stereocenters. The third-order valence-electron chi connectivity index (χ3n) is 9.72. The van der Waals surface area contributed by atoms with Crippen molar-refractivity contribution < 1.29 is 14.3 Å². The number of carbonyl (C=O) groups excluding carboxylic acids is 1. The average molecular weight is 634 g/mol. The molecule has 8 rings (SSSR count). The molecule has 4 fully saturated rings. The second-order valence-corrected chi connectivity index (χ2v) is 12.6. The summed E-state index contributed by atoms with van der Waals surface area (Å²) >= 11 is 0. The van der Waals surface area contributed by atoms with Crippen LogP contribution in [0.5, 0.6) is 5.75 Å². The fourth-order valence-electron chi connectivity index (χ4n) is 6.82. The van der Waals surface area contributed by atoms with E-state index in [-0.39, 0.29) is 17.6 Å². The Morgan fingerprint density at radius 2 is 1.89 bits per heavy atom. The third-order valence-corrected chi connectivity index (χ3v) is 9.72. The van der Waals surface area contributed by atoms with Gasteiger partial charge in [-0.3, -0.25) is 9.69 Å². The van der Waals surface area contributed by atoms with Crippen molar-refractivity contribution >= 4 is 23.2 Å². The number of likely N-dealkylation sites (tertiary alicyclic amines) is 1.